The highest BCUT2D eigenvalue weighted by Crippen LogP contribution is 2.29. The number of carbonyl (C=O) groups is 1. The van der Waals surface area contributed by atoms with E-state index in [-0.39, 0.29) is 17.9 Å². The summed E-state index contributed by atoms with van der Waals surface area (Å²) in [6.07, 6.45) is 0.521. The van der Waals surface area contributed by atoms with Crippen LogP contribution in [0.3, 0.4) is 0 Å². The van der Waals surface area contributed by atoms with Crippen LogP contribution < -0.4 is 10.5 Å². The quantitative estimate of drug-likeness (QED) is 0.713. The molecule has 0 saturated carbocycles. The molecule has 0 amide bonds. The molecule has 0 atom stereocenters. The summed E-state index contributed by atoms with van der Waals surface area (Å²) < 4.78 is 18.8. The number of ether oxygens (including phenoxy) is 1. The molecule has 1 aromatic rings. The summed E-state index contributed by atoms with van der Waals surface area (Å²) >= 11 is 0. The van der Waals surface area contributed by atoms with Crippen molar-refractivity contribution in [2.75, 3.05) is 13.2 Å². The van der Waals surface area contributed by atoms with E-state index in [4.69, 9.17) is 10.5 Å². The van der Waals surface area contributed by atoms with E-state index >= 15 is 0 Å². The third-order valence-electron chi connectivity index (χ3n) is 2.30. The number of benzene rings is 1. The summed E-state index contributed by atoms with van der Waals surface area (Å²) in [5.74, 6) is -0.316. The van der Waals surface area contributed by atoms with Crippen LogP contribution in [0.2, 0.25) is 0 Å². The molecule has 1 aliphatic heterocycles. The molecular formula is C10H10FNO2. The molecular weight excluding hydrogens is 185 g/mol. The number of Topliss-reactive ketones (excluding diaryl/α,β-unsaturated/α-hetero) is 1. The molecule has 0 bridgehead atoms. The molecule has 2 N–H and O–H groups in total. The van der Waals surface area contributed by atoms with Crippen LogP contribution in [0, 0.1) is 5.82 Å². The number of hydrogen-bond acceptors (Lipinski definition) is 3. The van der Waals surface area contributed by atoms with Crippen molar-refractivity contribution in [3.05, 3.63) is 29.1 Å². The Morgan fingerprint density at radius 2 is 2.36 bits per heavy atom. The van der Waals surface area contributed by atoms with E-state index in [1.54, 1.807) is 6.07 Å². The van der Waals surface area contributed by atoms with Gasteiger partial charge in [-0.15, -0.1) is 0 Å². The Balaban J connectivity index is 2.50. The zero-order chi connectivity index (χ0) is 10.1. The lowest BCUT2D eigenvalue weighted by Gasteiger charge is -2.04. The Kier molecular flexibility index (Phi) is 2.21. The second kappa shape index (κ2) is 3.38. The normalized spacial score (nSPS) is 13.6. The first-order chi connectivity index (χ1) is 6.74. The van der Waals surface area contributed by atoms with Crippen molar-refractivity contribution in [2.45, 2.75) is 6.42 Å². The summed E-state index contributed by atoms with van der Waals surface area (Å²) in [7, 11) is 0. The van der Waals surface area contributed by atoms with E-state index in [0.29, 0.717) is 24.3 Å². The van der Waals surface area contributed by atoms with Gasteiger partial charge in [-0.05, 0) is 12.1 Å². The molecule has 4 heteroatoms. The van der Waals surface area contributed by atoms with Crippen LogP contribution in [-0.2, 0) is 6.42 Å². The third kappa shape index (κ3) is 1.28. The maximum absolute atomic E-state index is 13.7. The molecule has 14 heavy (non-hydrogen) atoms. The zero-order valence-corrected chi connectivity index (χ0v) is 7.55. The van der Waals surface area contributed by atoms with Crippen LogP contribution in [0.4, 0.5) is 4.39 Å². The van der Waals surface area contributed by atoms with Gasteiger partial charge in [-0.2, -0.15) is 0 Å². The van der Waals surface area contributed by atoms with E-state index in [2.05, 4.69) is 0 Å². The first-order valence-electron chi connectivity index (χ1n) is 4.41. The van der Waals surface area contributed by atoms with Crippen molar-refractivity contribution in [3.8, 4) is 5.75 Å². The fraction of sp³-hybridized carbons (Fsp3) is 0.300. The van der Waals surface area contributed by atoms with E-state index in [0.717, 1.165) is 0 Å². The number of ketones is 1. The van der Waals surface area contributed by atoms with Crippen LogP contribution in [0.15, 0.2) is 12.1 Å². The molecule has 1 aliphatic rings. The Morgan fingerprint density at radius 3 is 3.07 bits per heavy atom. The first kappa shape index (κ1) is 9.15. The van der Waals surface area contributed by atoms with Gasteiger partial charge in [0.15, 0.2) is 5.78 Å². The molecule has 1 aromatic carbocycles. The van der Waals surface area contributed by atoms with E-state index in [1.165, 1.54) is 6.07 Å². The van der Waals surface area contributed by atoms with Crippen molar-refractivity contribution in [1.29, 1.82) is 0 Å². The van der Waals surface area contributed by atoms with E-state index in [1.807, 2.05) is 0 Å². The Labute approximate surface area is 80.7 Å². The third-order valence-corrected chi connectivity index (χ3v) is 2.30. The largest absolute Gasteiger partial charge is 0.493 e. The highest BCUT2D eigenvalue weighted by molar-refractivity contribution is 5.98. The molecule has 0 aromatic heterocycles. The second-order valence-electron chi connectivity index (χ2n) is 3.13. The maximum Gasteiger partial charge on any atom is 0.179 e. The Morgan fingerprint density at radius 1 is 1.57 bits per heavy atom. The van der Waals surface area contributed by atoms with Gasteiger partial charge in [-0.25, -0.2) is 4.39 Å². The summed E-state index contributed by atoms with van der Waals surface area (Å²) in [6.45, 7) is 0.309. The van der Waals surface area contributed by atoms with Gasteiger partial charge in [0.05, 0.1) is 18.7 Å². The van der Waals surface area contributed by atoms with Gasteiger partial charge in [-0.1, -0.05) is 0 Å². The number of halogens is 1. The number of fused-ring (bicyclic) bond motifs is 1. The molecule has 0 unspecified atom stereocenters. The molecule has 2 rings (SSSR count). The zero-order valence-electron chi connectivity index (χ0n) is 7.55. The average Bonchev–Trinajstić information content (AvgIpc) is 2.66. The van der Waals surface area contributed by atoms with Crippen molar-refractivity contribution < 1.29 is 13.9 Å². The molecule has 3 nitrogen and oxygen atoms in total. The number of carbonyl (C=O) groups excluding carboxylic acids is 1. The Hall–Kier alpha value is -1.42. The SMILES string of the molecule is NCC(=O)c1ccc2c(c1F)CCO2. The smallest absolute Gasteiger partial charge is 0.179 e. The average molecular weight is 195 g/mol. The number of hydrogen-bond donors (Lipinski definition) is 1. The van der Waals surface area contributed by atoms with Gasteiger partial charge in [0.1, 0.15) is 11.6 Å². The van der Waals surface area contributed by atoms with E-state index in [9.17, 15) is 9.18 Å². The predicted molar refractivity (Wildman–Crippen MR) is 49.0 cm³/mol. The van der Waals surface area contributed by atoms with Crippen molar-refractivity contribution in [2.24, 2.45) is 5.73 Å². The van der Waals surface area contributed by atoms with Crippen LogP contribution in [0.1, 0.15) is 15.9 Å². The van der Waals surface area contributed by atoms with Gasteiger partial charge < -0.3 is 10.5 Å². The fourth-order valence-corrected chi connectivity index (χ4v) is 1.56. The van der Waals surface area contributed by atoms with Crippen LogP contribution in [-0.4, -0.2) is 18.9 Å². The molecule has 0 radical (unpaired) electrons. The number of nitrogens with two attached hydrogens (primary N) is 1. The maximum atomic E-state index is 13.7. The first-order valence-corrected chi connectivity index (χ1v) is 4.41. The standard InChI is InChI=1S/C10H10FNO2/c11-10-6(8(13)5-12)1-2-9-7(10)3-4-14-9/h1-2H,3-5,12H2. The predicted octanol–water partition coefficient (Wildman–Crippen LogP) is 0.902. The van der Waals surface area contributed by atoms with Gasteiger partial charge in [0, 0.05) is 12.0 Å². The van der Waals surface area contributed by atoms with Crippen LogP contribution in [0.5, 0.6) is 5.75 Å². The molecule has 0 fully saturated rings. The lowest BCUT2D eigenvalue weighted by Crippen LogP contribution is -2.15. The minimum absolute atomic E-state index is 0.0664. The topological polar surface area (TPSA) is 52.3 Å². The highest BCUT2D eigenvalue weighted by Gasteiger charge is 2.21. The van der Waals surface area contributed by atoms with Crippen molar-refractivity contribution in [1.82, 2.24) is 0 Å². The fourth-order valence-electron chi connectivity index (χ4n) is 1.56. The monoisotopic (exact) mass is 195 g/mol. The summed E-state index contributed by atoms with van der Waals surface area (Å²) in [6, 6.07) is 3.04. The lowest BCUT2D eigenvalue weighted by molar-refractivity contribution is 0.0997. The molecule has 0 aliphatic carbocycles. The minimum Gasteiger partial charge on any atom is -0.493 e. The summed E-state index contributed by atoms with van der Waals surface area (Å²) in [5, 5.41) is 0. The van der Waals surface area contributed by atoms with E-state index < -0.39 is 5.82 Å². The number of rotatable bonds is 2. The minimum atomic E-state index is -0.476. The summed E-state index contributed by atoms with van der Waals surface area (Å²) in [4.78, 5) is 11.2. The van der Waals surface area contributed by atoms with Crippen LogP contribution in [0.25, 0.3) is 0 Å². The second-order valence-corrected chi connectivity index (χ2v) is 3.13. The molecule has 74 valence electrons. The molecule has 0 spiro atoms. The molecule has 1 heterocycles. The van der Waals surface area contributed by atoms with Gasteiger partial charge in [0.2, 0.25) is 0 Å². The van der Waals surface area contributed by atoms with Crippen molar-refractivity contribution >= 4 is 5.78 Å². The lowest BCUT2D eigenvalue weighted by atomic mass is 10.0. The van der Waals surface area contributed by atoms with Gasteiger partial charge in [0.25, 0.3) is 0 Å². The van der Waals surface area contributed by atoms with Crippen molar-refractivity contribution in [3.63, 3.8) is 0 Å². The molecule has 0 saturated heterocycles. The highest BCUT2D eigenvalue weighted by atomic mass is 19.1. The van der Waals surface area contributed by atoms with Gasteiger partial charge in [-0.3, -0.25) is 4.79 Å². The van der Waals surface area contributed by atoms with Crippen LogP contribution >= 0.6 is 0 Å². The summed E-state index contributed by atoms with van der Waals surface area (Å²) in [5.41, 5.74) is 5.73. The Bertz CT molecular complexity index is 390. The van der Waals surface area contributed by atoms with Gasteiger partial charge >= 0.3 is 0 Å².